The number of sulfonamides is 1. The molecule has 7 heteroatoms. The first kappa shape index (κ1) is 17.4. The summed E-state index contributed by atoms with van der Waals surface area (Å²) in [5.74, 6) is -0.882. The van der Waals surface area contributed by atoms with Gasteiger partial charge in [0.2, 0.25) is 10.0 Å². The molecule has 0 heterocycles. The van der Waals surface area contributed by atoms with Crippen molar-refractivity contribution >= 4 is 15.7 Å². The van der Waals surface area contributed by atoms with E-state index in [0.29, 0.717) is 12.2 Å². The average Bonchev–Trinajstić information content (AvgIpc) is 2.44. The molecule has 0 fully saturated rings. The molecule has 2 aromatic carbocycles. The molecule has 0 atom stereocenters. The summed E-state index contributed by atoms with van der Waals surface area (Å²) in [6, 6.07) is 11.0. The lowest BCUT2D eigenvalue weighted by molar-refractivity contribution is 0.0786. The molecule has 0 aliphatic rings. The number of hydrogen-bond donors (Lipinski definition) is 3. The Kier molecular flexibility index (Phi) is 4.74. The maximum atomic E-state index is 13.5. The molecule has 5 nitrogen and oxygen atoms in total. The normalized spacial score (nSPS) is 12.2. The number of nitrogens with two attached hydrogens (primary N) is 1. The van der Waals surface area contributed by atoms with Gasteiger partial charge in [-0.15, -0.1) is 0 Å². The average molecular weight is 338 g/mol. The molecule has 0 saturated carbocycles. The van der Waals surface area contributed by atoms with Gasteiger partial charge in [-0.05, 0) is 43.2 Å². The maximum absolute atomic E-state index is 13.5. The molecular weight excluding hydrogens is 319 g/mol. The Morgan fingerprint density at radius 2 is 1.78 bits per heavy atom. The first-order valence-corrected chi connectivity index (χ1v) is 8.50. The molecule has 0 amide bonds. The zero-order valence-electron chi connectivity index (χ0n) is 12.9. The van der Waals surface area contributed by atoms with Gasteiger partial charge in [0, 0.05) is 12.2 Å². The highest BCUT2D eigenvalue weighted by Gasteiger charge is 2.16. The minimum absolute atomic E-state index is 0.418. The predicted molar refractivity (Wildman–Crippen MR) is 86.8 cm³/mol. The van der Waals surface area contributed by atoms with Gasteiger partial charge in [-0.3, -0.25) is 0 Å². The second kappa shape index (κ2) is 6.27. The van der Waals surface area contributed by atoms with Gasteiger partial charge in [0.05, 0.1) is 5.60 Å². The number of anilines is 1. The van der Waals surface area contributed by atoms with Crippen LogP contribution in [0.25, 0.3) is 0 Å². The molecular formula is C16H19FN2O3S. The van der Waals surface area contributed by atoms with Gasteiger partial charge in [-0.1, -0.05) is 24.3 Å². The van der Waals surface area contributed by atoms with Gasteiger partial charge < -0.3 is 10.4 Å². The molecule has 2 rings (SSSR count). The van der Waals surface area contributed by atoms with E-state index in [4.69, 9.17) is 5.14 Å². The van der Waals surface area contributed by atoms with Crippen molar-refractivity contribution in [3.05, 3.63) is 59.4 Å². The third kappa shape index (κ3) is 4.51. The van der Waals surface area contributed by atoms with Crippen molar-refractivity contribution in [2.24, 2.45) is 5.14 Å². The molecule has 2 aromatic rings. The Morgan fingerprint density at radius 3 is 2.30 bits per heavy atom. The number of aliphatic hydroxyl groups is 1. The van der Waals surface area contributed by atoms with Crippen molar-refractivity contribution in [2.75, 3.05) is 5.32 Å². The van der Waals surface area contributed by atoms with Crippen molar-refractivity contribution in [1.29, 1.82) is 0 Å². The molecule has 0 bridgehead atoms. The highest BCUT2D eigenvalue weighted by molar-refractivity contribution is 7.89. The van der Waals surface area contributed by atoms with Crippen molar-refractivity contribution < 1.29 is 17.9 Å². The zero-order chi connectivity index (χ0) is 17.3. The second-order valence-corrected chi connectivity index (χ2v) is 7.33. The van der Waals surface area contributed by atoms with Gasteiger partial charge in [0.1, 0.15) is 10.7 Å². The monoisotopic (exact) mass is 338 g/mol. The van der Waals surface area contributed by atoms with Crippen LogP contribution in [0.2, 0.25) is 0 Å². The standard InChI is InChI=1S/C16H19FN2O3S/c1-16(2,20)12-5-3-11(4-6-12)10-19-13-7-8-14(17)15(9-13)23(18,21)22/h3-9,19-20H,10H2,1-2H3,(H2,18,21,22). The van der Waals surface area contributed by atoms with Crippen LogP contribution < -0.4 is 10.5 Å². The number of hydrogen-bond acceptors (Lipinski definition) is 4. The lowest BCUT2D eigenvalue weighted by Gasteiger charge is -2.18. The molecule has 0 unspecified atom stereocenters. The van der Waals surface area contributed by atoms with Crippen molar-refractivity contribution in [3.8, 4) is 0 Å². The Labute approximate surface area is 135 Å². The fraction of sp³-hybridized carbons (Fsp3) is 0.250. The Bertz CT molecular complexity index is 797. The molecule has 23 heavy (non-hydrogen) atoms. The van der Waals surface area contributed by atoms with Crippen LogP contribution in [0.1, 0.15) is 25.0 Å². The smallest absolute Gasteiger partial charge is 0.241 e. The minimum atomic E-state index is -4.10. The quantitative estimate of drug-likeness (QED) is 0.780. The van der Waals surface area contributed by atoms with E-state index in [1.165, 1.54) is 6.07 Å². The van der Waals surface area contributed by atoms with E-state index in [1.807, 2.05) is 24.3 Å². The third-order valence-electron chi connectivity index (χ3n) is 3.39. The van der Waals surface area contributed by atoms with E-state index in [2.05, 4.69) is 5.32 Å². The molecule has 0 aromatic heterocycles. The summed E-state index contributed by atoms with van der Waals surface area (Å²) in [4.78, 5) is -0.542. The third-order valence-corrected chi connectivity index (χ3v) is 4.32. The number of primary sulfonamides is 1. The SMILES string of the molecule is CC(C)(O)c1ccc(CNc2ccc(F)c(S(N)(=O)=O)c2)cc1. The Morgan fingerprint density at radius 1 is 1.17 bits per heavy atom. The maximum Gasteiger partial charge on any atom is 0.241 e. The highest BCUT2D eigenvalue weighted by Crippen LogP contribution is 2.21. The Balaban J connectivity index is 2.12. The lowest BCUT2D eigenvalue weighted by Crippen LogP contribution is -2.15. The molecule has 0 radical (unpaired) electrons. The van der Waals surface area contributed by atoms with E-state index in [-0.39, 0.29) is 0 Å². The fourth-order valence-corrected chi connectivity index (χ4v) is 2.70. The number of halogens is 1. The molecule has 0 spiro atoms. The second-order valence-electron chi connectivity index (χ2n) is 5.80. The summed E-state index contributed by atoms with van der Waals surface area (Å²) in [6.07, 6.45) is 0. The van der Waals surface area contributed by atoms with Crippen LogP contribution in [-0.4, -0.2) is 13.5 Å². The Hall–Kier alpha value is -1.96. The van der Waals surface area contributed by atoms with Crippen LogP contribution in [0.5, 0.6) is 0 Å². The zero-order valence-corrected chi connectivity index (χ0v) is 13.7. The summed E-state index contributed by atoms with van der Waals surface area (Å²) in [7, 11) is -4.10. The molecule has 0 saturated heterocycles. The number of rotatable bonds is 5. The van der Waals surface area contributed by atoms with Crippen LogP contribution >= 0.6 is 0 Å². The summed E-state index contributed by atoms with van der Waals surface area (Å²) >= 11 is 0. The van der Waals surface area contributed by atoms with Gasteiger partial charge in [0.25, 0.3) is 0 Å². The van der Waals surface area contributed by atoms with E-state index < -0.39 is 26.3 Å². The first-order chi connectivity index (χ1) is 10.6. The largest absolute Gasteiger partial charge is 0.386 e. The number of benzene rings is 2. The summed E-state index contributed by atoms with van der Waals surface area (Å²) in [5.41, 5.74) is 1.26. The van der Waals surface area contributed by atoms with Crippen molar-refractivity contribution in [2.45, 2.75) is 30.9 Å². The van der Waals surface area contributed by atoms with E-state index in [1.54, 1.807) is 13.8 Å². The van der Waals surface area contributed by atoms with Crippen LogP contribution in [0.3, 0.4) is 0 Å². The van der Waals surface area contributed by atoms with Crippen LogP contribution in [0.15, 0.2) is 47.4 Å². The highest BCUT2D eigenvalue weighted by atomic mass is 32.2. The number of nitrogens with one attached hydrogen (secondary N) is 1. The predicted octanol–water partition coefficient (Wildman–Crippen LogP) is 2.31. The summed E-state index contributed by atoms with van der Waals surface area (Å²) in [5, 5.41) is 17.9. The van der Waals surface area contributed by atoms with Crippen LogP contribution in [0.4, 0.5) is 10.1 Å². The molecule has 124 valence electrons. The van der Waals surface area contributed by atoms with Crippen LogP contribution in [-0.2, 0) is 22.2 Å². The van der Waals surface area contributed by atoms with Crippen molar-refractivity contribution in [3.63, 3.8) is 0 Å². The van der Waals surface area contributed by atoms with Crippen LogP contribution in [0, 0.1) is 5.82 Å². The van der Waals surface area contributed by atoms with Gasteiger partial charge >= 0.3 is 0 Å². The summed E-state index contributed by atoms with van der Waals surface area (Å²) < 4.78 is 36.1. The van der Waals surface area contributed by atoms with Crippen molar-refractivity contribution in [1.82, 2.24) is 0 Å². The fourth-order valence-electron chi connectivity index (χ4n) is 2.07. The molecule has 0 aliphatic carbocycles. The minimum Gasteiger partial charge on any atom is -0.386 e. The van der Waals surface area contributed by atoms with E-state index >= 15 is 0 Å². The topological polar surface area (TPSA) is 92.4 Å². The van der Waals surface area contributed by atoms with E-state index in [9.17, 15) is 17.9 Å². The van der Waals surface area contributed by atoms with Gasteiger partial charge in [-0.25, -0.2) is 17.9 Å². The lowest BCUT2D eigenvalue weighted by atomic mass is 9.97. The van der Waals surface area contributed by atoms with E-state index in [0.717, 1.165) is 23.3 Å². The first-order valence-electron chi connectivity index (χ1n) is 6.95. The molecule has 4 N–H and O–H groups in total. The summed E-state index contributed by atoms with van der Waals surface area (Å²) in [6.45, 7) is 3.82. The molecule has 0 aliphatic heterocycles. The van der Waals surface area contributed by atoms with Gasteiger partial charge in [-0.2, -0.15) is 0 Å². The van der Waals surface area contributed by atoms with Gasteiger partial charge in [0.15, 0.2) is 0 Å².